The second-order valence-electron chi connectivity index (χ2n) is 6.82. The summed E-state index contributed by atoms with van der Waals surface area (Å²) in [5, 5.41) is 4.62. The Morgan fingerprint density at radius 1 is 1.20 bits per heavy atom. The molecule has 0 amide bonds. The van der Waals surface area contributed by atoms with E-state index in [-0.39, 0.29) is 16.8 Å². The first-order chi connectivity index (χ1) is 14.4. The first-order valence-corrected chi connectivity index (χ1v) is 10.8. The van der Waals surface area contributed by atoms with Crippen LogP contribution in [0.2, 0.25) is 0 Å². The van der Waals surface area contributed by atoms with Crippen molar-refractivity contribution >= 4 is 10.0 Å². The van der Waals surface area contributed by atoms with Gasteiger partial charge in [-0.15, -0.1) is 0 Å². The lowest BCUT2D eigenvalue weighted by Crippen LogP contribution is -2.21. The highest BCUT2D eigenvalue weighted by Crippen LogP contribution is 2.26. The Morgan fingerprint density at radius 2 is 1.97 bits per heavy atom. The van der Waals surface area contributed by atoms with Crippen molar-refractivity contribution in [2.24, 2.45) is 0 Å². The van der Waals surface area contributed by atoms with Gasteiger partial charge >= 0.3 is 0 Å². The third-order valence-electron chi connectivity index (χ3n) is 4.78. The minimum Gasteiger partial charge on any atom is -0.373 e. The van der Waals surface area contributed by atoms with Gasteiger partial charge in [-0.3, -0.25) is 0 Å². The number of rotatable bonds is 3. The second-order valence-corrected chi connectivity index (χ2v) is 8.71. The van der Waals surface area contributed by atoms with E-state index in [0.29, 0.717) is 24.4 Å². The van der Waals surface area contributed by atoms with Crippen LogP contribution in [-0.2, 0) is 27.8 Å². The summed E-state index contributed by atoms with van der Waals surface area (Å²) in [5.74, 6) is 5.63. The van der Waals surface area contributed by atoms with Gasteiger partial charge in [0.2, 0.25) is 10.0 Å². The molecule has 1 aliphatic heterocycles. The maximum absolute atomic E-state index is 13.3. The molecule has 0 radical (unpaired) electrons. The number of benzene rings is 1. The molecule has 7 nitrogen and oxygen atoms in total. The van der Waals surface area contributed by atoms with Gasteiger partial charge in [-0.25, -0.2) is 27.2 Å². The van der Waals surface area contributed by atoms with Gasteiger partial charge in [0.1, 0.15) is 22.1 Å². The SMILES string of the molecule is CNS(=O)(=O)c1ccc(C#Cc2nn(-c3ccc(F)cc3)c3c2COC(C)C3)nc1. The summed E-state index contributed by atoms with van der Waals surface area (Å²) >= 11 is 0. The van der Waals surface area contributed by atoms with Crippen LogP contribution in [0, 0.1) is 17.7 Å². The Morgan fingerprint density at radius 3 is 2.63 bits per heavy atom. The summed E-state index contributed by atoms with van der Waals surface area (Å²) < 4.78 is 46.7. The minimum atomic E-state index is -3.55. The summed E-state index contributed by atoms with van der Waals surface area (Å²) in [4.78, 5) is 4.17. The third kappa shape index (κ3) is 3.98. The largest absolute Gasteiger partial charge is 0.373 e. The zero-order valence-corrected chi connectivity index (χ0v) is 17.2. The van der Waals surface area contributed by atoms with E-state index in [1.54, 1.807) is 22.9 Å². The first kappa shape index (κ1) is 20.2. The molecule has 1 N–H and O–H groups in total. The fourth-order valence-corrected chi connectivity index (χ4v) is 3.83. The molecule has 1 unspecified atom stereocenters. The van der Waals surface area contributed by atoms with Crippen LogP contribution < -0.4 is 4.72 Å². The van der Waals surface area contributed by atoms with Gasteiger partial charge in [-0.2, -0.15) is 5.10 Å². The Balaban J connectivity index is 1.71. The Kier molecular flexibility index (Phi) is 5.39. The Bertz CT molecular complexity index is 1240. The van der Waals surface area contributed by atoms with Crippen molar-refractivity contribution in [1.29, 1.82) is 0 Å². The number of nitrogens with zero attached hydrogens (tertiary/aromatic N) is 3. The van der Waals surface area contributed by atoms with E-state index in [2.05, 4.69) is 26.6 Å². The lowest BCUT2D eigenvalue weighted by molar-refractivity contribution is 0.0397. The van der Waals surface area contributed by atoms with E-state index in [1.165, 1.54) is 31.4 Å². The number of fused-ring (bicyclic) bond motifs is 1. The van der Waals surface area contributed by atoms with Crippen LogP contribution in [0.5, 0.6) is 0 Å². The van der Waals surface area contributed by atoms with Crippen LogP contribution in [-0.4, -0.2) is 36.3 Å². The molecule has 0 saturated carbocycles. The Labute approximate surface area is 174 Å². The van der Waals surface area contributed by atoms with Gasteiger partial charge in [-0.1, -0.05) is 0 Å². The van der Waals surface area contributed by atoms with Crippen molar-refractivity contribution in [1.82, 2.24) is 19.5 Å². The van der Waals surface area contributed by atoms with E-state index in [4.69, 9.17) is 4.74 Å². The van der Waals surface area contributed by atoms with E-state index >= 15 is 0 Å². The molecule has 1 atom stereocenters. The predicted molar refractivity (Wildman–Crippen MR) is 108 cm³/mol. The molecule has 9 heteroatoms. The van der Waals surface area contributed by atoms with Crippen molar-refractivity contribution in [2.75, 3.05) is 7.05 Å². The van der Waals surface area contributed by atoms with Crippen LogP contribution in [0.3, 0.4) is 0 Å². The Hall–Kier alpha value is -3.06. The highest BCUT2D eigenvalue weighted by molar-refractivity contribution is 7.89. The number of aromatic nitrogens is 3. The molecule has 2 aromatic heterocycles. The quantitative estimate of drug-likeness (QED) is 0.649. The molecule has 0 aliphatic carbocycles. The van der Waals surface area contributed by atoms with Crippen LogP contribution >= 0.6 is 0 Å². The molecule has 0 saturated heterocycles. The van der Waals surface area contributed by atoms with Crippen LogP contribution in [0.1, 0.15) is 29.6 Å². The molecule has 30 heavy (non-hydrogen) atoms. The van der Waals surface area contributed by atoms with Crippen molar-refractivity contribution in [3.05, 3.63) is 71.1 Å². The van der Waals surface area contributed by atoms with Gasteiger partial charge in [0.15, 0.2) is 0 Å². The summed E-state index contributed by atoms with van der Waals surface area (Å²) in [6, 6.07) is 9.11. The average Bonchev–Trinajstić information content (AvgIpc) is 3.10. The number of pyridine rings is 1. The zero-order chi connectivity index (χ0) is 21.3. The van der Waals surface area contributed by atoms with E-state index < -0.39 is 10.0 Å². The molecule has 154 valence electrons. The maximum Gasteiger partial charge on any atom is 0.241 e. The van der Waals surface area contributed by atoms with Gasteiger partial charge in [0.05, 0.1) is 24.1 Å². The summed E-state index contributed by atoms with van der Waals surface area (Å²) in [5.41, 5.74) is 3.58. The smallest absolute Gasteiger partial charge is 0.241 e. The standard InChI is InChI=1S/C21H19FN4O3S/c1-14-11-21-19(13-29-14)20(25-26(21)17-7-3-15(22)4-8-17)10-6-16-5-9-18(12-24-16)30(27,28)23-2/h3-5,7-9,12,14,23H,11,13H2,1-2H3. The van der Waals surface area contributed by atoms with Crippen LogP contribution in [0.25, 0.3) is 5.69 Å². The van der Waals surface area contributed by atoms with E-state index in [1.807, 2.05) is 6.92 Å². The van der Waals surface area contributed by atoms with Crippen molar-refractivity contribution in [3.8, 4) is 17.5 Å². The number of ether oxygens (including phenoxy) is 1. The predicted octanol–water partition coefficient (Wildman–Crippen LogP) is 2.18. The fraction of sp³-hybridized carbons (Fsp3) is 0.238. The van der Waals surface area contributed by atoms with Gasteiger partial charge in [0, 0.05) is 18.2 Å². The van der Waals surface area contributed by atoms with Crippen LogP contribution in [0.15, 0.2) is 47.5 Å². The molecule has 1 aliphatic rings. The summed E-state index contributed by atoms with van der Waals surface area (Å²) in [7, 11) is -2.21. The van der Waals surface area contributed by atoms with Crippen molar-refractivity contribution in [2.45, 2.75) is 31.0 Å². The molecule has 0 spiro atoms. The number of hydrogen-bond donors (Lipinski definition) is 1. The topological polar surface area (TPSA) is 86.1 Å². The van der Waals surface area contributed by atoms with E-state index in [0.717, 1.165) is 16.9 Å². The van der Waals surface area contributed by atoms with Crippen molar-refractivity contribution in [3.63, 3.8) is 0 Å². The van der Waals surface area contributed by atoms with Gasteiger partial charge in [-0.05, 0) is 62.2 Å². The third-order valence-corrected chi connectivity index (χ3v) is 6.18. The van der Waals surface area contributed by atoms with Gasteiger partial charge < -0.3 is 4.74 Å². The number of sulfonamides is 1. The molecular weight excluding hydrogens is 407 g/mol. The van der Waals surface area contributed by atoms with E-state index in [9.17, 15) is 12.8 Å². The average molecular weight is 426 g/mol. The zero-order valence-electron chi connectivity index (χ0n) is 16.4. The van der Waals surface area contributed by atoms with Crippen LogP contribution in [0.4, 0.5) is 4.39 Å². The molecule has 4 rings (SSSR count). The lowest BCUT2D eigenvalue weighted by atomic mass is 10.1. The number of hydrogen-bond acceptors (Lipinski definition) is 5. The maximum atomic E-state index is 13.3. The monoisotopic (exact) mass is 426 g/mol. The number of nitrogens with one attached hydrogen (secondary N) is 1. The summed E-state index contributed by atoms with van der Waals surface area (Å²) in [6.45, 7) is 2.37. The second kappa shape index (κ2) is 7.99. The highest BCUT2D eigenvalue weighted by atomic mass is 32.2. The molecular formula is C21H19FN4O3S. The summed E-state index contributed by atoms with van der Waals surface area (Å²) in [6.07, 6.45) is 1.96. The van der Waals surface area contributed by atoms with Gasteiger partial charge in [0.25, 0.3) is 0 Å². The normalized spacial score (nSPS) is 15.9. The first-order valence-electron chi connectivity index (χ1n) is 9.27. The molecule has 1 aromatic carbocycles. The number of halogens is 1. The molecule has 0 fully saturated rings. The fourth-order valence-electron chi connectivity index (χ4n) is 3.15. The minimum absolute atomic E-state index is 0.0394. The molecule has 0 bridgehead atoms. The molecule has 3 aromatic rings. The molecule has 3 heterocycles. The van der Waals surface area contributed by atoms with Crippen molar-refractivity contribution < 1.29 is 17.5 Å². The lowest BCUT2D eigenvalue weighted by Gasteiger charge is -2.20. The highest BCUT2D eigenvalue weighted by Gasteiger charge is 2.25.